The van der Waals surface area contributed by atoms with Crippen LogP contribution in [0.2, 0.25) is 0 Å². The summed E-state index contributed by atoms with van der Waals surface area (Å²) in [6.45, 7) is 50.0. The summed E-state index contributed by atoms with van der Waals surface area (Å²) in [6.07, 6.45) is 47.1. The minimum atomic E-state index is 0.640. The van der Waals surface area contributed by atoms with E-state index in [0.717, 1.165) is 62.2 Å². The van der Waals surface area contributed by atoms with Gasteiger partial charge in [0.2, 0.25) is 0 Å². The summed E-state index contributed by atoms with van der Waals surface area (Å²) in [4.78, 5) is 0. The molecule has 0 fully saturated rings. The summed E-state index contributed by atoms with van der Waals surface area (Å²) in [5.41, 5.74) is 45.3. The highest BCUT2D eigenvalue weighted by atomic mass is 14.3. The largest absolute Gasteiger partial charge is 0.0795 e. The molecule has 0 radical (unpaired) electrons. The third-order valence-corrected chi connectivity index (χ3v) is 29.1. The Labute approximate surface area is 802 Å². The van der Waals surface area contributed by atoms with Crippen LogP contribution >= 0.6 is 0 Å². The van der Waals surface area contributed by atoms with Crippen molar-refractivity contribution in [1.82, 2.24) is 0 Å². The molecule has 0 spiro atoms. The van der Waals surface area contributed by atoms with Crippen LogP contribution in [0.1, 0.15) is 375 Å². The second kappa shape index (κ2) is 49.0. The molecule has 2 unspecified atom stereocenters. The van der Waals surface area contributed by atoms with Crippen LogP contribution in [-0.2, 0) is 83.5 Å². The highest BCUT2D eigenvalue weighted by Crippen LogP contribution is 2.41. The van der Waals surface area contributed by atoms with Crippen molar-refractivity contribution in [3.8, 4) is 0 Å². The van der Waals surface area contributed by atoms with Gasteiger partial charge < -0.3 is 0 Å². The van der Waals surface area contributed by atoms with Crippen LogP contribution in [0.25, 0.3) is 42.0 Å². The van der Waals surface area contributed by atoms with Crippen LogP contribution in [0.4, 0.5) is 0 Å². The topological polar surface area (TPSA) is 0 Å². The smallest absolute Gasteiger partial charge is 0.00502 e. The molecule has 0 heteroatoms. The zero-order valence-corrected chi connectivity index (χ0v) is 85.3. The summed E-state index contributed by atoms with van der Waals surface area (Å²) in [5, 5.41) is 0. The first kappa shape index (κ1) is 101. The van der Waals surface area contributed by atoms with E-state index in [0.29, 0.717) is 59.2 Å². The molecule has 0 bridgehead atoms. The number of allylic oxidation sites excluding steroid dienone is 8. The lowest BCUT2D eigenvalue weighted by molar-refractivity contribution is 0.404. The number of aryl methyl sites for hydroxylation is 4. The Morgan fingerprint density at radius 3 is 1.40 bits per heavy atom. The van der Waals surface area contributed by atoms with Gasteiger partial charge in [0.05, 0.1) is 0 Å². The molecule has 132 heavy (non-hydrogen) atoms. The van der Waals surface area contributed by atoms with Crippen molar-refractivity contribution in [3.63, 3.8) is 0 Å². The van der Waals surface area contributed by atoms with Gasteiger partial charge in [-0.15, -0.1) is 0 Å². The Balaban J connectivity index is 0.000000131. The van der Waals surface area contributed by atoms with Crippen LogP contribution in [0, 0.1) is 35.5 Å². The SMILES string of the molecule is CC(C)C1=CCc2ccccc21.CC(C)C1=Cc2ccccc2C1.CC(C)C1C=Cc2ccccc21.CC(C)C1CCc2ccccc21.CC(C)C1Cc2ccccc2C1.CC(C)c1ccc2c(c1)C=CC2.CC(C)c1ccc2c(c1)CC=C2.CC(C)c1ccc2c(c1)CCC2.CC(C)c1cccc2c1C=CC2.CC(C)c1cccc2c1CC=C2.CC(C)c1cccc2c1CCC2. The maximum atomic E-state index is 2.40. The second-order valence-electron chi connectivity index (χ2n) is 42.3. The zero-order valence-electron chi connectivity index (χ0n) is 85.3. The van der Waals surface area contributed by atoms with Crippen molar-refractivity contribution in [1.29, 1.82) is 0 Å². The van der Waals surface area contributed by atoms with Gasteiger partial charge >= 0.3 is 0 Å². The number of benzene rings is 11. The second-order valence-corrected chi connectivity index (χ2v) is 42.3. The molecule has 0 nitrogen and oxygen atoms in total. The summed E-state index contributed by atoms with van der Waals surface area (Å²) in [5.74, 6) is 10.0. The van der Waals surface area contributed by atoms with Crippen LogP contribution in [0.15, 0.2) is 273 Å². The molecule has 0 amide bonds. The van der Waals surface area contributed by atoms with E-state index in [1.54, 1.807) is 55.6 Å². The zero-order chi connectivity index (χ0) is 94.1. The van der Waals surface area contributed by atoms with Crippen molar-refractivity contribution < 1.29 is 0 Å². The Kier molecular flexibility index (Phi) is 37.4. The summed E-state index contributed by atoms with van der Waals surface area (Å²) >= 11 is 0. The van der Waals surface area contributed by atoms with Crippen molar-refractivity contribution in [2.45, 2.75) is 302 Å². The normalized spacial score (nSPS) is 15.8. The Hall–Kier alpha value is -10.4. The Morgan fingerprint density at radius 1 is 0.273 bits per heavy atom. The predicted octanol–water partition coefficient (Wildman–Crippen LogP) is 36.6. The number of fused-ring (bicyclic) bond motifs is 11. The first-order valence-electron chi connectivity index (χ1n) is 51.4. The molecule has 0 saturated carbocycles. The van der Waals surface area contributed by atoms with Gasteiger partial charge in [0.25, 0.3) is 0 Å². The summed E-state index contributed by atoms with van der Waals surface area (Å²) in [7, 11) is 0. The molecule has 0 N–H and O–H groups in total. The molecule has 0 aromatic heterocycles. The molecule has 11 aliphatic rings. The van der Waals surface area contributed by atoms with E-state index in [1.165, 1.54) is 175 Å². The molecular weight excluding hydrogens is 1590 g/mol. The van der Waals surface area contributed by atoms with Gasteiger partial charge in [0.15, 0.2) is 0 Å². The highest BCUT2D eigenvalue weighted by molar-refractivity contribution is 5.74. The third-order valence-electron chi connectivity index (χ3n) is 29.1. The Bertz CT molecular complexity index is 5710. The van der Waals surface area contributed by atoms with E-state index in [2.05, 4.69) is 456 Å². The molecule has 0 saturated heterocycles. The Morgan fingerprint density at radius 2 is 0.765 bits per heavy atom. The van der Waals surface area contributed by atoms with E-state index in [1.807, 2.05) is 0 Å². The molecule has 11 aromatic rings. The molecule has 22 rings (SSSR count). The van der Waals surface area contributed by atoms with Crippen LogP contribution in [-0.4, -0.2) is 0 Å². The predicted molar refractivity (Wildman–Crippen MR) is 582 cm³/mol. The van der Waals surface area contributed by atoms with Crippen LogP contribution in [0.3, 0.4) is 0 Å². The van der Waals surface area contributed by atoms with Crippen LogP contribution < -0.4 is 0 Å². The van der Waals surface area contributed by atoms with E-state index in [9.17, 15) is 0 Å². The van der Waals surface area contributed by atoms with E-state index < -0.39 is 0 Å². The third kappa shape index (κ3) is 27.2. The summed E-state index contributed by atoms with van der Waals surface area (Å²) < 4.78 is 0. The average Bonchev–Trinajstić information content (AvgIpc) is 1.65. The quantitative estimate of drug-likeness (QED) is 0.121. The fourth-order valence-electron chi connectivity index (χ4n) is 20.8. The minimum absolute atomic E-state index is 0.640. The molecule has 2 atom stereocenters. The van der Waals surface area contributed by atoms with Gasteiger partial charge in [-0.05, 0) is 341 Å². The van der Waals surface area contributed by atoms with E-state index in [-0.39, 0.29) is 0 Å². The average molecular weight is 1750 g/mol. The lowest BCUT2D eigenvalue weighted by atomic mass is 9.90. The molecule has 0 aliphatic heterocycles. The maximum absolute atomic E-state index is 2.40. The molecule has 0 heterocycles. The van der Waals surface area contributed by atoms with Crippen molar-refractivity contribution in [2.75, 3.05) is 0 Å². The van der Waals surface area contributed by atoms with Gasteiger partial charge in [-0.2, -0.15) is 0 Å². The monoisotopic (exact) mass is 1750 g/mol. The van der Waals surface area contributed by atoms with Gasteiger partial charge in [0.1, 0.15) is 0 Å². The minimum Gasteiger partial charge on any atom is -0.0795 e. The lowest BCUT2D eigenvalue weighted by Crippen LogP contribution is -2.07. The number of hydrogen-bond acceptors (Lipinski definition) is 0. The highest BCUT2D eigenvalue weighted by Gasteiger charge is 2.27. The number of hydrogen-bond donors (Lipinski definition) is 0. The van der Waals surface area contributed by atoms with Gasteiger partial charge in [-0.1, -0.05) is 461 Å². The molecule has 11 aliphatic carbocycles. The van der Waals surface area contributed by atoms with E-state index >= 15 is 0 Å². The standard InChI is InChI=1S/C12H16.2C12H14.C12H16.2C12H14.C12H16.C12H14.C12H16.2C12H14/c3*1-9(2)11-7-3-5-10-6-4-8-12(10)11;3*1-9(2)11-7-6-10-4-3-5-12(10)8-11;2*1-9(2)12-7-10-5-3-4-6-11(10)8-12;3*1-9(2)11-8-7-10-5-3-4-6-12(10)11/h3,5,7,9H,4,6,8H2,1-2H3;3-5,7-9H,6H2,1-2H3;3-7,9H,8H2,1-2H3;6-9H,3-5H2,1-2H3;3,5-9H,4H2,1-2H3;3-4,6-9H,5H2,1-2H3;3-6,9,12H,7-8H2,1-2H3;3-7,9H,8H2,1-2H3;3-6,9,11H,7-8H2,1-2H3;3-6,8-9H,7H2,1-2H3;3-9,11H,1-2H3. The summed E-state index contributed by atoms with van der Waals surface area (Å²) in [6, 6.07) is 84.4. The van der Waals surface area contributed by atoms with Gasteiger partial charge in [0, 0.05) is 5.92 Å². The molecular formula is C132H162. The van der Waals surface area contributed by atoms with Crippen molar-refractivity contribution >= 4 is 42.0 Å². The lowest BCUT2D eigenvalue weighted by Gasteiger charge is -2.14. The first-order valence-corrected chi connectivity index (χ1v) is 51.4. The fourth-order valence-corrected chi connectivity index (χ4v) is 20.8. The van der Waals surface area contributed by atoms with Gasteiger partial charge in [-0.3, -0.25) is 0 Å². The van der Waals surface area contributed by atoms with Crippen molar-refractivity contribution in [2.24, 2.45) is 35.5 Å². The molecule has 11 aromatic carbocycles. The van der Waals surface area contributed by atoms with Crippen LogP contribution in [0.5, 0.6) is 0 Å². The number of rotatable bonds is 11. The van der Waals surface area contributed by atoms with Crippen molar-refractivity contribution in [3.05, 3.63) is 428 Å². The fraction of sp³-hybridized carbons (Fsp3) is 0.394. The van der Waals surface area contributed by atoms with E-state index in [4.69, 9.17) is 0 Å². The van der Waals surface area contributed by atoms with Gasteiger partial charge in [-0.25, -0.2) is 0 Å². The molecule has 690 valence electrons. The maximum Gasteiger partial charge on any atom is 0.00502 e. The first-order chi connectivity index (χ1) is 63.6.